The first-order valence-electron chi connectivity index (χ1n) is 6.70. The molecule has 1 aliphatic heterocycles. The summed E-state index contributed by atoms with van der Waals surface area (Å²) in [5.41, 5.74) is -1.27. The second kappa shape index (κ2) is 6.14. The van der Waals surface area contributed by atoms with Crippen LogP contribution in [0.4, 0.5) is 0 Å². The molecule has 1 atom stereocenters. The third-order valence-corrected chi connectivity index (χ3v) is 3.64. The van der Waals surface area contributed by atoms with Crippen molar-refractivity contribution in [3.8, 4) is 0 Å². The van der Waals surface area contributed by atoms with Crippen molar-refractivity contribution in [1.29, 1.82) is 0 Å². The first-order valence-corrected chi connectivity index (χ1v) is 6.70. The second-order valence-electron chi connectivity index (χ2n) is 5.09. The van der Waals surface area contributed by atoms with Crippen LogP contribution in [0.2, 0.25) is 0 Å². The number of carbonyl (C=O) groups excluding carboxylic acids is 1. The highest BCUT2D eigenvalue weighted by Gasteiger charge is 2.31. The number of ether oxygens (including phenoxy) is 1. The molecule has 0 spiro atoms. The van der Waals surface area contributed by atoms with Crippen LogP contribution in [-0.4, -0.2) is 56.8 Å². The molecule has 2 heterocycles. The van der Waals surface area contributed by atoms with Gasteiger partial charge in [-0.25, -0.2) is 4.79 Å². The molecule has 9 nitrogen and oxygen atoms in total. The Hall–Kier alpha value is -2.42. The maximum atomic E-state index is 12.6. The molecule has 22 heavy (non-hydrogen) atoms. The lowest BCUT2D eigenvalue weighted by atomic mass is 10.1. The van der Waals surface area contributed by atoms with Gasteiger partial charge in [0.15, 0.2) is 0 Å². The highest BCUT2D eigenvalue weighted by atomic mass is 16.5. The lowest BCUT2D eigenvalue weighted by molar-refractivity contribution is -0.139. The predicted molar refractivity (Wildman–Crippen MR) is 74.8 cm³/mol. The maximum Gasteiger partial charge on any atom is 0.331 e. The zero-order chi connectivity index (χ0) is 16.4. The summed E-state index contributed by atoms with van der Waals surface area (Å²) in [6.45, 7) is 0.595. The molecule has 1 amide bonds. The first kappa shape index (κ1) is 16.0. The van der Waals surface area contributed by atoms with E-state index in [2.05, 4.69) is 0 Å². The van der Waals surface area contributed by atoms with Gasteiger partial charge in [0.1, 0.15) is 5.69 Å². The molecule has 1 N–H and O–H groups in total. The number of hydrogen-bond acceptors (Lipinski definition) is 5. The Morgan fingerprint density at radius 3 is 2.64 bits per heavy atom. The fourth-order valence-electron chi connectivity index (χ4n) is 2.38. The topological polar surface area (TPSA) is 111 Å². The van der Waals surface area contributed by atoms with Crippen molar-refractivity contribution in [2.75, 3.05) is 19.8 Å². The van der Waals surface area contributed by atoms with Gasteiger partial charge in [-0.2, -0.15) is 0 Å². The van der Waals surface area contributed by atoms with E-state index in [1.807, 2.05) is 0 Å². The summed E-state index contributed by atoms with van der Waals surface area (Å²) in [7, 11) is 2.71. The van der Waals surface area contributed by atoms with Crippen molar-refractivity contribution in [2.24, 2.45) is 14.1 Å². The van der Waals surface area contributed by atoms with Gasteiger partial charge in [-0.1, -0.05) is 0 Å². The maximum absolute atomic E-state index is 12.6. The monoisotopic (exact) mass is 311 g/mol. The Kier molecular flexibility index (Phi) is 4.45. The van der Waals surface area contributed by atoms with E-state index >= 15 is 0 Å². The van der Waals surface area contributed by atoms with Crippen molar-refractivity contribution < 1.29 is 19.4 Å². The van der Waals surface area contributed by atoms with Crippen molar-refractivity contribution >= 4 is 11.9 Å². The van der Waals surface area contributed by atoms with Crippen LogP contribution in [-0.2, 0) is 23.6 Å². The molecule has 1 aromatic rings. The van der Waals surface area contributed by atoms with Gasteiger partial charge >= 0.3 is 11.7 Å². The number of aromatic nitrogens is 2. The lowest BCUT2D eigenvalue weighted by Gasteiger charge is -2.35. The minimum Gasteiger partial charge on any atom is -0.481 e. The number of carboxylic acid groups (broad SMARTS) is 1. The number of carbonyl (C=O) groups is 2. The quantitative estimate of drug-likeness (QED) is 0.720. The smallest absolute Gasteiger partial charge is 0.331 e. The normalized spacial score (nSPS) is 18.3. The van der Waals surface area contributed by atoms with Crippen molar-refractivity contribution in [1.82, 2.24) is 14.0 Å². The minimum absolute atomic E-state index is 0.0645. The van der Waals surface area contributed by atoms with E-state index in [1.54, 1.807) is 0 Å². The predicted octanol–water partition coefficient (Wildman–Crippen LogP) is -1.60. The van der Waals surface area contributed by atoms with Crippen LogP contribution >= 0.6 is 0 Å². The van der Waals surface area contributed by atoms with Gasteiger partial charge in [0.25, 0.3) is 11.5 Å². The summed E-state index contributed by atoms with van der Waals surface area (Å²) in [6.07, 6.45) is -0.259. The minimum atomic E-state index is -1.05. The van der Waals surface area contributed by atoms with Crippen molar-refractivity contribution in [2.45, 2.75) is 12.5 Å². The van der Waals surface area contributed by atoms with E-state index < -0.39 is 29.2 Å². The number of nitrogens with zero attached hydrogens (tertiary/aromatic N) is 3. The number of amides is 1. The molecule has 0 saturated carbocycles. The summed E-state index contributed by atoms with van der Waals surface area (Å²) >= 11 is 0. The largest absolute Gasteiger partial charge is 0.481 e. The molecule has 2 rings (SSSR count). The first-order chi connectivity index (χ1) is 10.3. The lowest BCUT2D eigenvalue weighted by Crippen LogP contribution is -2.51. The molecule has 1 saturated heterocycles. The van der Waals surface area contributed by atoms with Crippen LogP contribution in [0.3, 0.4) is 0 Å². The summed E-state index contributed by atoms with van der Waals surface area (Å²) in [6, 6.07) is 0.453. The fraction of sp³-hybridized carbons (Fsp3) is 0.538. The summed E-state index contributed by atoms with van der Waals surface area (Å²) in [5.74, 6) is -1.60. The second-order valence-corrected chi connectivity index (χ2v) is 5.09. The van der Waals surface area contributed by atoms with Crippen LogP contribution in [0.15, 0.2) is 15.7 Å². The molecule has 1 aromatic heterocycles. The number of morpholine rings is 1. The average Bonchev–Trinajstić information content (AvgIpc) is 2.48. The van der Waals surface area contributed by atoms with Gasteiger partial charge in [0.2, 0.25) is 0 Å². The van der Waals surface area contributed by atoms with Gasteiger partial charge in [0.05, 0.1) is 25.7 Å². The molecule has 0 bridgehead atoms. The Morgan fingerprint density at radius 1 is 1.32 bits per heavy atom. The van der Waals surface area contributed by atoms with Gasteiger partial charge in [-0.15, -0.1) is 0 Å². The standard InChI is InChI=1S/C13H17N3O6/c1-14-9(6-10(17)15(2)13(14)21)12(20)16-3-4-22-7-8(16)5-11(18)19/h6,8H,3-5,7H2,1-2H3,(H,18,19)/t8-/m1/s1. The van der Waals surface area contributed by atoms with Gasteiger partial charge in [0, 0.05) is 26.7 Å². The van der Waals surface area contributed by atoms with Crippen molar-refractivity contribution in [3.05, 3.63) is 32.6 Å². The molecule has 0 aromatic carbocycles. The number of hydrogen-bond donors (Lipinski definition) is 1. The third kappa shape index (κ3) is 2.93. The Labute approximate surface area is 125 Å². The zero-order valence-corrected chi connectivity index (χ0v) is 12.3. The fourth-order valence-corrected chi connectivity index (χ4v) is 2.38. The Bertz CT molecular complexity index is 719. The SMILES string of the molecule is Cn1c(C(=O)N2CCOC[C@H]2CC(=O)O)cc(=O)n(C)c1=O. The van der Waals surface area contributed by atoms with E-state index in [4.69, 9.17) is 9.84 Å². The van der Waals surface area contributed by atoms with Crippen LogP contribution in [0, 0.1) is 0 Å². The molecule has 0 unspecified atom stereocenters. The summed E-state index contributed by atoms with van der Waals surface area (Å²) < 4.78 is 7.18. The Morgan fingerprint density at radius 2 is 2.00 bits per heavy atom. The molecule has 0 aliphatic carbocycles. The van der Waals surface area contributed by atoms with Crippen LogP contribution in [0.25, 0.3) is 0 Å². The van der Waals surface area contributed by atoms with Crippen LogP contribution < -0.4 is 11.2 Å². The van der Waals surface area contributed by atoms with Gasteiger partial charge in [-0.05, 0) is 0 Å². The van der Waals surface area contributed by atoms with E-state index in [9.17, 15) is 19.2 Å². The van der Waals surface area contributed by atoms with E-state index in [0.717, 1.165) is 15.2 Å². The zero-order valence-electron chi connectivity index (χ0n) is 12.3. The highest BCUT2D eigenvalue weighted by Crippen LogP contribution is 2.14. The number of rotatable bonds is 3. The van der Waals surface area contributed by atoms with Gasteiger partial charge < -0.3 is 14.7 Å². The number of carboxylic acids is 1. The number of aliphatic carboxylic acids is 1. The molecule has 0 radical (unpaired) electrons. The van der Waals surface area contributed by atoms with Gasteiger partial charge in [-0.3, -0.25) is 23.5 Å². The molecule has 120 valence electrons. The summed E-state index contributed by atoms with van der Waals surface area (Å²) in [5, 5.41) is 8.91. The molecule has 9 heteroatoms. The Balaban J connectivity index is 2.40. The van der Waals surface area contributed by atoms with Crippen LogP contribution in [0.1, 0.15) is 16.9 Å². The van der Waals surface area contributed by atoms with Crippen LogP contribution in [0.5, 0.6) is 0 Å². The van der Waals surface area contributed by atoms with E-state index in [-0.39, 0.29) is 31.9 Å². The summed E-state index contributed by atoms with van der Waals surface area (Å²) in [4.78, 5) is 48.4. The average molecular weight is 311 g/mol. The van der Waals surface area contributed by atoms with E-state index in [1.165, 1.54) is 19.0 Å². The molecule has 1 aliphatic rings. The highest BCUT2D eigenvalue weighted by molar-refractivity contribution is 5.93. The van der Waals surface area contributed by atoms with E-state index in [0.29, 0.717) is 0 Å². The van der Waals surface area contributed by atoms with Crippen molar-refractivity contribution in [3.63, 3.8) is 0 Å². The molecular formula is C13H17N3O6. The molecule has 1 fully saturated rings. The third-order valence-electron chi connectivity index (χ3n) is 3.64. The molecular weight excluding hydrogens is 294 g/mol.